The molecule has 0 aliphatic heterocycles. The van der Waals surface area contributed by atoms with Crippen LogP contribution in [0.3, 0.4) is 0 Å². The number of nitrogens with zero attached hydrogens (tertiary/aromatic N) is 1. The van der Waals surface area contributed by atoms with E-state index in [4.69, 9.17) is 4.74 Å². The number of hydrogen-bond acceptors (Lipinski definition) is 3. The van der Waals surface area contributed by atoms with Gasteiger partial charge in [0.25, 0.3) is 0 Å². The van der Waals surface area contributed by atoms with Crippen LogP contribution in [-0.2, 0) is 14.3 Å². The third-order valence-electron chi connectivity index (χ3n) is 2.32. The molecule has 4 nitrogen and oxygen atoms in total. The molecular weight excluding hydrogens is 206 g/mol. The van der Waals surface area contributed by atoms with E-state index in [9.17, 15) is 9.59 Å². The summed E-state index contributed by atoms with van der Waals surface area (Å²) in [5.74, 6) is 0.0312. The van der Waals surface area contributed by atoms with Gasteiger partial charge < -0.3 is 9.64 Å². The van der Waals surface area contributed by atoms with Crippen LogP contribution in [0.5, 0.6) is 0 Å². The first-order valence-electron chi connectivity index (χ1n) is 6.01. The Morgan fingerprint density at radius 1 is 1.12 bits per heavy atom. The van der Waals surface area contributed by atoms with Crippen LogP contribution in [-0.4, -0.2) is 37.0 Å². The van der Waals surface area contributed by atoms with Crippen LogP contribution >= 0.6 is 0 Å². The molecular formula is C12H23NO3. The Hall–Kier alpha value is -1.06. The topological polar surface area (TPSA) is 46.6 Å². The first-order chi connectivity index (χ1) is 7.61. The first kappa shape index (κ1) is 14.9. The van der Waals surface area contributed by atoms with Crippen molar-refractivity contribution in [3.63, 3.8) is 0 Å². The fraction of sp³-hybridized carbons (Fsp3) is 0.833. The number of hydrogen-bond donors (Lipinski definition) is 0. The van der Waals surface area contributed by atoms with E-state index in [1.807, 2.05) is 14.0 Å². The van der Waals surface area contributed by atoms with Crippen LogP contribution in [0, 0.1) is 0 Å². The first-order valence-corrected chi connectivity index (χ1v) is 6.01. The predicted molar refractivity (Wildman–Crippen MR) is 63.0 cm³/mol. The van der Waals surface area contributed by atoms with Crippen molar-refractivity contribution in [2.75, 3.05) is 20.2 Å². The van der Waals surface area contributed by atoms with Gasteiger partial charge in [-0.05, 0) is 26.2 Å². The summed E-state index contributed by atoms with van der Waals surface area (Å²) in [5.41, 5.74) is 0. The molecule has 0 spiro atoms. The van der Waals surface area contributed by atoms with E-state index in [0.29, 0.717) is 19.4 Å². The van der Waals surface area contributed by atoms with Gasteiger partial charge >= 0.3 is 5.97 Å². The van der Waals surface area contributed by atoms with Crippen LogP contribution < -0.4 is 0 Å². The molecule has 0 radical (unpaired) electrons. The highest BCUT2D eigenvalue weighted by atomic mass is 16.5. The SMILES string of the molecule is CCCC(=O)N(C)CCCCC(=O)OCC. The van der Waals surface area contributed by atoms with E-state index in [-0.39, 0.29) is 11.9 Å². The highest BCUT2D eigenvalue weighted by Crippen LogP contribution is 2.01. The van der Waals surface area contributed by atoms with Crippen molar-refractivity contribution in [2.45, 2.75) is 46.0 Å². The summed E-state index contributed by atoms with van der Waals surface area (Å²) in [6, 6.07) is 0. The molecule has 16 heavy (non-hydrogen) atoms. The molecule has 0 bridgehead atoms. The molecule has 4 heteroatoms. The zero-order chi connectivity index (χ0) is 12.4. The van der Waals surface area contributed by atoms with Crippen molar-refractivity contribution in [2.24, 2.45) is 0 Å². The zero-order valence-electron chi connectivity index (χ0n) is 10.6. The molecule has 0 aliphatic carbocycles. The van der Waals surface area contributed by atoms with Gasteiger partial charge in [0.1, 0.15) is 0 Å². The third-order valence-corrected chi connectivity index (χ3v) is 2.32. The summed E-state index contributed by atoms with van der Waals surface area (Å²) in [7, 11) is 1.81. The molecule has 0 fully saturated rings. The minimum Gasteiger partial charge on any atom is -0.466 e. The van der Waals surface area contributed by atoms with E-state index in [1.54, 1.807) is 11.8 Å². The van der Waals surface area contributed by atoms with Gasteiger partial charge in [-0.15, -0.1) is 0 Å². The Morgan fingerprint density at radius 2 is 1.81 bits per heavy atom. The molecule has 94 valence electrons. The number of carbonyl (C=O) groups excluding carboxylic acids is 2. The van der Waals surface area contributed by atoms with Gasteiger partial charge in [-0.1, -0.05) is 6.92 Å². The lowest BCUT2D eigenvalue weighted by atomic mass is 10.2. The molecule has 0 atom stereocenters. The van der Waals surface area contributed by atoms with E-state index in [0.717, 1.165) is 25.8 Å². The zero-order valence-corrected chi connectivity index (χ0v) is 10.6. The van der Waals surface area contributed by atoms with E-state index >= 15 is 0 Å². The van der Waals surface area contributed by atoms with Crippen LogP contribution in [0.1, 0.15) is 46.0 Å². The minimum atomic E-state index is -0.148. The molecule has 0 N–H and O–H groups in total. The number of esters is 1. The number of rotatable bonds is 8. The van der Waals surface area contributed by atoms with Crippen molar-refractivity contribution < 1.29 is 14.3 Å². The predicted octanol–water partition coefficient (Wildman–Crippen LogP) is 1.98. The molecule has 0 aromatic heterocycles. The van der Waals surface area contributed by atoms with Crippen LogP contribution in [0.25, 0.3) is 0 Å². The van der Waals surface area contributed by atoms with E-state index in [2.05, 4.69) is 0 Å². The van der Waals surface area contributed by atoms with Crippen LogP contribution in [0.2, 0.25) is 0 Å². The number of carbonyl (C=O) groups is 2. The summed E-state index contributed by atoms with van der Waals surface area (Å²) in [6.07, 6.45) is 3.57. The number of amides is 1. The quantitative estimate of drug-likeness (QED) is 0.472. The lowest BCUT2D eigenvalue weighted by Crippen LogP contribution is -2.27. The second kappa shape index (κ2) is 9.19. The van der Waals surface area contributed by atoms with Gasteiger partial charge in [0.15, 0.2) is 0 Å². The average molecular weight is 229 g/mol. The fourth-order valence-corrected chi connectivity index (χ4v) is 1.38. The summed E-state index contributed by atoms with van der Waals surface area (Å²) in [5, 5.41) is 0. The second-order valence-electron chi connectivity index (χ2n) is 3.83. The molecule has 0 unspecified atom stereocenters. The smallest absolute Gasteiger partial charge is 0.305 e. The Balaban J connectivity index is 3.51. The van der Waals surface area contributed by atoms with Gasteiger partial charge in [0.05, 0.1) is 6.61 Å². The highest BCUT2D eigenvalue weighted by molar-refractivity contribution is 5.75. The van der Waals surface area contributed by atoms with Crippen molar-refractivity contribution in [1.29, 1.82) is 0 Å². The van der Waals surface area contributed by atoms with Gasteiger partial charge in [0.2, 0.25) is 5.91 Å². The fourth-order valence-electron chi connectivity index (χ4n) is 1.38. The van der Waals surface area contributed by atoms with Gasteiger partial charge in [-0.25, -0.2) is 0 Å². The molecule has 0 saturated heterocycles. The Labute approximate surface area is 98.0 Å². The Morgan fingerprint density at radius 3 is 2.38 bits per heavy atom. The maximum atomic E-state index is 11.4. The van der Waals surface area contributed by atoms with Crippen LogP contribution in [0.4, 0.5) is 0 Å². The molecule has 0 aromatic carbocycles. The van der Waals surface area contributed by atoms with E-state index in [1.165, 1.54) is 0 Å². The summed E-state index contributed by atoms with van der Waals surface area (Å²) >= 11 is 0. The van der Waals surface area contributed by atoms with Crippen molar-refractivity contribution in [3.05, 3.63) is 0 Å². The monoisotopic (exact) mass is 229 g/mol. The summed E-state index contributed by atoms with van der Waals surface area (Å²) in [4.78, 5) is 24.2. The molecule has 1 amide bonds. The van der Waals surface area contributed by atoms with Gasteiger partial charge in [-0.3, -0.25) is 9.59 Å². The Kier molecular flexibility index (Phi) is 8.58. The molecule has 0 rings (SSSR count). The van der Waals surface area contributed by atoms with Crippen molar-refractivity contribution >= 4 is 11.9 Å². The standard InChI is InChI=1S/C12H23NO3/c1-4-8-11(14)13(3)10-7-6-9-12(15)16-5-2/h4-10H2,1-3H3. The van der Waals surface area contributed by atoms with Crippen molar-refractivity contribution in [3.8, 4) is 0 Å². The molecule has 0 aliphatic rings. The highest BCUT2D eigenvalue weighted by Gasteiger charge is 2.07. The van der Waals surface area contributed by atoms with Crippen LogP contribution in [0.15, 0.2) is 0 Å². The lowest BCUT2D eigenvalue weighted by Gasteiger charge is -2.16. The molecule has 0 aromatic rings. The number of unbranched alkanes of at least 4 members (excludes halogenated alkanes) is 1. The average Bonchev–Trinajstić information content (AvgIpc) is 2.24. The lowest BCUT2D eigenvalue weighted by molar-refractivity contribution is -0.143. The minimum absolute atomic E-state index is 0.148. The summed E-state index contributed by atoms with van der Waals surface area (Å²) in [6.45, 7) is 4.95. The van der Waals surface area contributed by atoms with Crippen molar-refractivity contribution in [1.82, 2.24) is 4.90 Å². The number of ether oxygens (including phenoxy) is 1. The summed E-state index contributed by atoms with van der Waals surface area (Å²) < 4.78 is 4.82. The second-order valence-corrected chi connectivity index (χ2v) is 3.83. The third kappa shape index (κ3) is 7.26. The maximum Gasteiger partial charge on any atom is 0.305 e. The largest absolute Gasteiger partial charge is 0.466 e. The molecule has 0 saturated carbocycles. The Bertz CT molecular complexity index is 216. The maximum absolute atomic E-state index is 11.4. The molecule has 0 heterocycles. The normalized spacial score (nSPS) is 9.94. The van der Waals surface area contributed by atoms with Gasteiger partial charge in [0, 0.05) is 26.4 Å². The van der Waals surface area contributed by atoms with E-state index < -0.39 is 0 Å². The van der Waals surface area contributed by atoms with Gasteiger partial charge in [-0.2, -0.15) is 0 Å².